The number of esters is 1. The third-order valence-electron chi connectivity index (χ3n) is 3.29. The molecule has 0 bridgehead atoms. The summed E-state index contributed by atoms with van der Waals surface area (Å²) in [7, 11) is 0. The van der Waals surface area contributed by atoms with Crippen molar-refractivity contribution in [2.24, 2.45) is 5.92 Å². The van der Waals surface area contributed by atoms with Crippen LogP contribution in [0, 0.1) is 5.92 Å². The van der Waals surface area contributed by atoms with Gasteiger partial charge in [-0.25, -0.2) is 0 Å². The highest BCUT2D eigenvalue weighted by atomic mass is 16.5. The lowest BCUT2D eigenvalue weighted by atomic mass is 9.96. The Hall–Kier alpha value is -0.570. The van der Waals surface area contributed by atoms with E-state index >= 15 is 0 Å². The van der Waals surface area contributed by atoms with E-state index < -0.39 is 0 Å². The van der Waals surface area contributed by atoms with E-state index in [1.165, 1.54) is 0 Å². The second-order valence-corrected chi connectivity index (χ2v) is 4.34. The molecule has 88 valence electrons. The van der Waals surface area contributed by atoms with E-state index in [4.69, 9.17) is 4.74 Å². The van der Waals surface area contributed by atoms with Crippen LogP contribution in [0.2, 0.25) is 0 Å². The molecule has 15 heavy (non-hydrogen) atoms. The predicted molar refractivity (Wildman–Crippen MR) is 60.7 cm³/mol. The zero-order valence-corrected chi connectivity index (χ0v) is 10.2. The van der Waals surface area contributed by atoms with Crippen molar-refractivity contribution in [3.8, 4) is 0 Å². The number of carbonyl (C=O) groups is 1. The van der Waals surface area contributed by atoms with Crippen LogP contribution in [0.15, 0.2) is 0 Å². The van der Waals surface area contributed by atoms with Crippen LogP contribution in [-0.2, 0) is 9.53 Å². The number of piperidine rings is 1. The molecule has 0 saturated carbocycles. The minimum Gasteiger partial charge on any atom is -0.466 e. The minimum atomic E-state index is -0.00879. The Kier molecular flexibility index (Phi) is 5.09. The molecule has 3 heteroatoms. The molecule has 0 aromatic carbocycles. The Bertz CT molecular complexity index is 206. The zero-order valence-electron chi connectivity index (χ0n) is 10.2. The molecule has 3 nitrogen and oxygen atoms in total. The maximum absolute atomic E-state index is 11.6. The van der Waals surface area contributed by atoms with Gasteiger partial charge in [-0.2, -0.15) is 0 Å². The summed E-state index contributed by atoms with van der Waals surface area (Å²) in [6.45, 7) is 8.80. The summed E-state index contributed by atoms with van der Waals surface area (Å²) in [6.07, 6.45) is 3.26. The molecule has 1 rings (SSSR count). The Labute approximate surface area is 92.8 Å². The fourth-order valence-electron chi connectivity index (χ4n) is 2.12. The molecule has 1 heterocycles. The van der Waals surface area contributed by atoms with E-state index in [-0.39, 0.29) is 11.9 Å². The first-order valence-electron chi connectivity index (χ1n) is 6.09. The molecule has 1 unspecified atom stereocenters. The molecule has 0 radical (unpaired) electrons. The van der Waals surface area contributed by atoms with E-state index in [0.29, 0.717) is 12.6 Å². The van der Waals surface area contributed by atoms with E-state index in [9.17, 15) is 4.79 Å². The molecule has 0 aliphatic carbocycles. The fraction of sp³-hybridized carbons (Fsp3) is 0.917. The van der Waals surface area contributed by atoms with Gasteiger partial charge in [-0.1, -0.05) is 6.92 Å². The molecule has 1 saturated heterocycles. The van der Waals surface area contributed by atoms with Crippen molar-refractivity contribution in [3.63, 3.8) is 0 Å². The third kappa shape index (κ3) is 3.49. The Balaban J connectivity index is 2.44. The van der Waals surface area contributed by atoms with Gasteiger partial charge >= 0.3 is 5.97 Å². The quantitative estimate of drug-likeness (QED) is 0.669. The average Bonchev–Trinajstić information content (AvgIpc) is 2.28. The van der Waals surface area contributed by atoms with Crippen LogP contribution in [-0.4, -0.2) is 36.6 Å². The van der Waals surface area contributed by atoms with Gasteiger partial charge in [0.05, 0.1) is 12.5 Å². The van der Waals surface area contributed by atoms with Gasteiger partial charge in [0.15, 0.2) is 0 Å². The summed E-state index contributed by atoms with van der Waals surface area (Å²) in [6, 6.07) is 0.585. The van der Waals surface area contributed by atoms with Crippen molar-refractivity contribution in [2.45, 2.75) is 46.1 Å². The van der Waals surface area contributed by atoms with E-state index in [2.05, 4.69) is 18.7 Å². The van der Waals surface area contributed by atoms with Crippen molar-refractivity contribution in [1.29, 1.82) is 0 Å². The summed E-state index contributed by atoms with van der Waals surface area (Å²) in [4.78, 5) is 14.0. The van der Waals surface area contributed by atoms with Crippen LogP contribution < -0.4 is 0 Å². The lowest BCUT2D eigenvalue weighted by Crippen LogP contribution is -2.43. The topological polar surface area (TPSA) is 29.5 Å². The molecule has 0 aromatic heterocycles. The second kappa shape index (κ2) is 6.11. The minimum absolute atomic E-state index is 0.00879. The number of hydrogen-bond donors (Lipinski definition) is 0. The third-order valence-corrected chi connectivity index (χ3v) is 3.29. The standard InChI is InChI=1S/C12H23NO2/c1-4-10(3)13-8-6-7-11(9-13)12(14)15-5-2/h10-11H,4-9H2,1-3H3/t10?,11-/m1/s1. The van der Waals surface area contributed by atoms with Gasteiger partial charge in [0.2, 0.25) is 0 Å². The first-order chi connectivity index (χ1) is 7.19. The number of likely N-dealkylation sites (tertiary alicyclic amines) is 1. The van der Waals surface area contributed by atoms with Gasteiger partial charge < -0.3 is 4.74 Å². The second-order valence-electron chi connectivity index (χ2n) is 4.34. The number of hydrogen-bond acceptors (Lipinski definition) is 3. The van der Waals surface area contributed by atoms with Crippen LogP contribution in [0.25, 0.3) is 0 Å². The number of rotatable bonds is 4. The van der Waals surface area contributed by atoms with Crippen LogP contribution in [0.4, 0.5) is 0 Å². The molecule has 1 fully saturated rings. The van der Waals surface area contributed by atoms with Crippen LogP contribution in [0.3, 0.4) is 0 Å². The van der Waals surface area contributed by atoms with Gasteiger partial charge in [0, 0.05) is 12.6 Å². The lowest BCUT2D eigenvalue weighted by Gasteiger charge is -2.35. The molecular formula is C12H23NO2. The monoisotopic (exact) mass is 213 g/mol. The van der Waals surface area contributed by atoms with Crippen LogP contribution in [0.5, 0.6) is 0 Å². The maximum Gasteiger partial charge on any atom is 0.310 e. The Morgan fingerprint density at radius 1 is 1.53 bits per heavy atom. The molecule has 0 N–H and O–H groups in total. The molecule has 0 amide bonds. The van der Waals surface area contributed by atoms with Gasteiger partial charge in [-0.3, -0.25) is 9.69 Å². The summed E-state index contributed by atoms with van der Waals surface area (Å²) in [5.74, 6) is 0.0956. The summed E-state index contributed by atoms with van der Waals surface area (Å²) >= 11 is 0. The van der Waals surface area contributed by atoms with Crippen molar-refractivity contribution in [3.05, 3.63) is 0 Å². The van der Waals surface area contributed by atoms with E-state index in [0.717, 1.165) is 32.4 Å². The lowest BCUT2D eigenvalue weighted by molar-refractivity contribution is -0.150. The van der Waals surface area contributed by atoms with Crippen molar-refractivity contribution in [2.75, 3.05) is 19.7 Å². The largest absolute Gasteiger partial charge is 0.466 e. The van der Waals surface area contributed by atoms with Crippen molar-refractivity contribution >= 4 is 5.97 Å². The maximum atomic E-state index is 11.6. The normalized spacial score (nSPS) is 24.9. The van der Waals surface area contributed by atoms with E-state index in [1.54, 1.807) is 0 Å². The van der Waals surface area contributed by atoms with Gasteiger partial charge in [0.1, 0.15) is 0 Å². The summed E-state index contributed by atoms with van der Waals surface area (Å²) in [5.41, 5.74) is 0. The van der Waals surface area contributed by atoms with Crippen molar-refractivity contribution < 1.29 is 9.53 Å². The van der Waals surface area contributed by atoms with Crippen LogP contribution >= 0.6 is 0 Å². The zero-order chi connectivity index (χ0) is 11.3. The molecular weight excluding hydrogens is 190 g/mol. The SMILES string of the molecule is CCOC(=O)[C@@H]1CCCN(C(C)CC)C1. The average molecular weight is 213 g/mol. The highest BCUT2D eigenvalue weighted by molar-refractivity contribution is 5.72. The number of ether oxygens (including phenoxy) is 1. The Morgan fingerprint density at radius 3 is 2.87 bits per heavy atom. The van der Waals surface area contributed by atoms with Gasteiger partial charge in [0.25, 0.3) is 0 Å². The molecule has 1 aliphatic rings. The summed E-state index contributed by atoms with van der Waals surface area (Å²) < 4.78 is 5.08. The summed E-state index contributed by atoms with van der Waals surface area (Å²) in [5, 5.41) is 0. The van der Waals surface area contributed by atoms with E-state index in [1.807, 2.05) is 6.92 Å². The fourth-order valence-corrected chi connectivity index (χ4v) is 2.12. The Morgan fingerprint density at radius 2 is 2.27 bits per heavy atom. The predicted octanol–water partition coefficient (Wildman–Crippen LogP) is 2.06. The van der Waals surface area contributed by atoms with Crippen LogP contribution in [0.1, 0.15) is 40.0 Å². The molecule has 0 spiro atoms. The highest BCUT2D eigenvalue weighted by Crippen LogP contribution is 2.20. The molecule has 1 aliphatic heterocycles. The number of carbonyl (C=O) groups excluding carboxylic acids is 1. The van der Waals surface area contributed by atoms with Gasteiger partial charge in [-0.15, -0.1) is 0 Å². The first kappa shape index (κ1) is 12.5. The smallest absolute Gasteiger partial charge is 0.310 e. The van der Waals surface area contributed by atoms with Gasteiger partial charge in [-0.05, 0) is 39.7 Å². The molecule has 0 aromatic rings. The first-order valence-corrected chi connectivity index (χ1v) is 6.09. The number of nitrogens with zero attached hydrogens (tertiary/aromatic N) is 1. The highest BCUT2D eigenvalue weighted by Gasteiger charge is 2.28. The molecule has 2 atom stereocenters. The van der Waals surface area contributed by atoms with Crippen molar-refractivity contribution in [1.82, 2.24) is 4.90 Å².